The van der Waals surface area contributed by atoms with E-state index in [0.29, 0.717) is 25.7 Å². The number of aliphatic hydroxyl groups is 1. The number of amides is 2. The second kappa shape index (κ2) is 10.5. The lowest BCUT2D eigenvalue weighted by molar-refractivity contribution is -0.126. The first-order valence-corrected chi connectivity index (χ1v) is 10.2. The molecule has 2 heterocycles. The van der Waals surface area contributed by atoms with Crippen molar-refractivity contribution in [2.75, 3.05) is 32.9 Å². The molecule has 0 radical (unpaired) electrons. The summed E-state index contributed by atoms with van der Waals surface area (Å²) in [7, 11) is 0. The topological polar surface area (TPSA) is 90.9 Å². The number of hydrogen-bond acceptors (Lipinski definition) is 5. The third-order valence-corrected chi connectivity index (χ3v) is 5.67. The van der Waals surface area contributed by atoms with Gasteiger partial charge in [0.25, 0.3) is 0 Å². The van der Waals surface area contributed by atoms with Crippen LogP contribution in [0.15, 0.2) is 30.3 Å². The number of aliphatic hydroxyl groups excluding tert-OH is 1. The van der Waals surface area contributed by atoms with Crippen molar-refractivity contribution in [1.29, 1.82) is 0 Å². The first-order chi connectivity index (χ1) is 13.7. The van der Waals surface area contributed by atoms with Gasteiger partial charge in [-0.05, 0) is 31.2 Å². The first-order valence-electron chi connectivity index (χ1n) is 10.2. The van der Waals surface area contributed by atoms with E-state index in [9.17, 15) is 9.59 Å². The van der Waals surface area contributed by atoms with Crippen molar-refractivity contribution >= 4 is 11.8 Å². The second-order valence-electron chi connectivity index (χ2n) is 7.70. The summed E-state index contributed by atoms with van der Waals surface area (Å²) in [6.45, 7) is 2.89. The van der Waals surface area contributed by atoms with Crippen molar-refractivity contribution in [3.8, 4) is 0 Å². The summed E-state index contributed by atoms with van der Waals surface area (Å²) in [5.41, 5.74) is 1.08. The minimum atomic E-state index is -0.505. The quantitative estimate of drug-likeness (QED) is 0.665. The molecule has 28 heavy (non-hydrogen) atoms. The maximum atomic E-state index is 12.8. The molecule has 2 saturated heterocycles. The van der Waals surface area contributed by atoms with E-state index in [1.807, 2.05) is 30.3 Å². The third kappa shape index (κ3) is 6.02. The highest BCUT2D eigenvalue weighted by Gasteiger charge is 2.33. The summed E-state index contributed by atoms with van der Waals surface area (Å²) < 4.78 is 5.48. The fourth-order valence-corrected chi connectivity index (χ4v) is 4.11. The summed E-state index contributed by atoms with van der Waals surface area (Å²) >= 11 is 0. The van der Waals surface area contributed by atoms with Crippen LogP contribution in [0.3, 0.4) is 0 Å². The number of rotatable bonds is 6. The molecular formula is C21H31N3O4. The molecule has 1 aromatic rings. The molecule has 7 heteroatoms. The Morgan fingerprint density at radius 3 is 2.54 bits per heavy atom. The van der Waals surface area contributed by atoms with Gasteiger partial charge in [0, 0.05) is 44.9 Å². The van der Waals surface area contributed by atoms with Gasteiger partial charge in [-0.15, -0.1) is 0 Å². The molecule has 0 spiro atoms. The van der Waals surface area contributed by atoms with Crippen LogP contribution in [-0.2, 0) is 20.9 Å². The van der Waals surface area contributed by atoms with Crippen LogP contribution in [0.1, 0.15) is 31.2 Å². The highest BCUT2D eigenvalue weighted by Crippen LogP contribution is 2.23. The van der Waals surface area contributed by atoms with Crippen molar-refractivity contribution in [3.05, 3.63) is 35.9 Å². The van der Waals surface area contributed by atoms with E-state index in [0.717, 1.165) is 44.5 Å². The number of benzene rings is 1. The molecule has 2 atom stereocenters. The molecule has 0 unspecified atom stereocenters. The second-order valence-corrected chi connectivity index (χ2v) is 7.70. The van der Waals surface area contributed by atoms with Crippen LogP contribution in [0.25, 0.3) is 0 Å². The molecule has 2 aliphatic heterocycles. The van der Waals surface area contributed by atoms with E-state index < -0.39 is 6.61 Å². The maximum absolute atomic E-state index is 12.8. The van der Waals surface area contributed by atoms with Crippen LogP contribution in [-0.4, -0.2) is 66.8 Å². The highest BCUT2D eigenvalue weighted by molar-refractivity contribution is 5.79. The zero-order valence-corrected chi connectivity index (χ0v) is 16.3. The molecule has 0 saturated carbocycles. The molecule has 1 aromatic carbocycles. The zero-order valence-electron chi connectivity index (χ0n) is 16.3. The standard InChI is InChI=1S/C21H31N3O4/c25-15-20(26)23-18-7-6-17(13-24(14-18)19-8-10-28-11-9-19)21(27)22-12-16-4-2-1-3-5-16/h1-5,17-19,25H,6-15H2,(H,22,27)(H,23,26)/t17-,18+/m1/s1. The first kappa shape index (κ1) is 20.8. The summed E-state index contributed by atoms with van der Waals surface area (Å²) in [4.78, 5) is 26.9. The van der Waals surface area contributed by atoms with Gasteiger partial charge in [-0.1, -0.05) is 30.3 Å². The van der Waals surface area contributed by atoms with Crippen LogP contribution in [0.5, 0.6) is 0 Å². The summed E-state index contributed by atoms with van der Waals surface area (Å²) in [5.74, 6) is -0.401. The zero-order chi connectivity index (χ0) is 19.8. The Kier molecular flexibility index (Phi) is 7.82. The summed E-state index contributed by atoms with van der Waals surface area (Å²) in [6, 6.07) is 10.2. The van der Waals surface area contributed by atoms with E-state index in [-0.39, 0.29) is 23.8 Å². The van der Waals surface area contributed by atoms with Gasteiger partial charge in [0.05, 0.1) is 5.92 Å². The summed E-state index contributed by atoms with van der Waals surface area (Å²) in [6.07, 6.45) is 3.34. The number of ether oxygens (including phenoxy) is 1. The van der Waals surface area contributed by atoms with E-state index in [1.54, 1.807) is 0 Å². The normalized spacial score (nSPS) is 24.3. The lowest BCUT2D eigenvalue weighted by Gasteiger charge is -2.36. The molecule has 2 fully saturated rings. The molecular weight excluding hydrogens is 358 g/mol. The monoisotopic (exact) mass is 389 g/mol. The Balaban J connectivity index is 1.63. The fraction of sp³-hybridized carbons (Fsp3) is 0.619. The minimum absolute atomic E-state index is 0.0468. The Morgan fingerprint density at radius 1 is 1.07 bits per heavy atom. The largest absolute Gasteiger partial charge is 0.387 e. The lowest BCUT2D eigenvalue weighted by Crippen LogP contribution is -2.49. The van der Waals surface area contributed by atoms with Gasteiger partial charge in [-0.2, -0.15) is 0 Å². The van der Waals surface area contributed by atoms with Crippen LogP contribution in [0.2, 0.25) is 0 Å². The lowest BCUT2D eigenvalue weighted by atomic mass is 10.00. The van der Waals surface area contributed by atoms with Crippen LogP contribution in [0, 0.1) is 5.92 Å². The number of nitrogens with one attached hydrogen (secondary N) is 2. The van der Waals surface area contributed by atoms with Crippen molar-refractivity contribution in [3.63, 3.8) is 0 Å². The number of nitrogens with zero attached hydrogens (tertiary/aromatic N) is 1. The minimum Gasteiger partial charge on any atom is -0.387 e. The van der Waals surface area contributed by atoms with Gasteiger partial charge >= 0.3 is 0 Å². The van der Waals surface area contributed by atoms with Gasteiger partial charge in [0.2, 0.25) is 11.8 Å². The molecule has 0 aromatic heterocycles. The molecule has 3 N–H and O–H groups in total. The molecule has 0 bridgehead atoms. The van der Waals surface area contributed by atoms with Crippen molar-refractivity contribution in [2.24, 2.45) is 5.92 Å². The fourth-order valence-electron chi connectivity index (χ4n) is 4.11. The average molecular weight is 389 g/mol. The van der Waals surface area contributed by atoms with E-state index in [1.165, 1.54) is 0 Å². The average Bonchev–Trinajstić information content (AvgIpc) is 2.96. The number of carbonyl (C=O) groups is 2. The molecule has 2 aliphatic rings. The third-order valence-electron chi connectivity index (χ3n) is 5.67. The molecule has 3 rings (SSSR count). The van der Waals surface area contributed by atoms with Gasteiger partial charge in [-0.3, -0.25) is 14.5 Å². The van der Waals surface area contributed by atoms with Gasteiger partial charge < -0.3 is 20.5 Å². The summed E-state index contributed by atoms with van der Waals surface area (Å²) in [5, 5.41) is 15.0. The molecule has 7 nitrogen and oxygen atoms in total. The van der Waals surface area contributed by atoms with Gasteiger partial charge in [0.15, 0.2) is 0 Å². The van der Waals surface area contributed by atoms with Crippen molar-refractivity contribution < 1.29 is 19.4 Å². The molecule has 154 valence electrons. The van der Waals surface area contributed by atoms with E-state index in [4.69, 9.17) is 9.84 Å². The maximum Gasteiger partial charge on any atom is 0.245 e. The Hall–Kier alpha value is -1.96. The van der Waals surface area contributed by atoms with Crippen molar-refractivity contribution in [2.45, 2.75) is 44.3 Å². The number of carbonyl (C=O) groups excluding carboxylic acids is 2. The van der Waals surface area contributed by atoms with Crippen LogP contribution in [0.4, 0.5) is 0 Å². The Bertz CT molecular complexity index is 634. The van der Waals surface area contributed by atoms with E-state index in [2.05, 4.69) is 15.5 Å². The highest BCUT2D eigenvalue weighted by atomic mass is 16.5. The van der Waals surface area contributed by atoms with Gasteiger partial charge in [0.1, 0.15) is 6.61 Å². The Morgan fingerprint density at radius 2 is 1.82 bits per heavy atom. The Labute approximate surface area is 166 Å². The SMILES string of the molecule is O=C(CO)N[C@H]1CC[C@@H](C(=O)NCc2ccccc2)CN(C2CCOCC2)C1. The predicted octanol–water partition coefficient (Wildman–Crippen LogP) is 0.671. The van der Waals surface area contributed by atoms with Crippen LogP contribution < -0.4 is 10.6 Å². The van der Waals surface area contributed by atoms with Crippen LogP contribution >= 0.6 is 0 Å². The molecule has 2 amide bonds. The smallest absolute Gasteiger partial charge is 0.245 e. The number of likely N-dealkylation sites (tertiary alicyclic amines) is 1. The van der Waals surface area contributed by atoms with E-state index >= 15 is 0 Å². The number of hydrogen-bond donors (Lipinski definition) is 3. The van der Waals surface area contributed by atoms with Crippen molar-refractivity contribution in [1.82, 2.24) is 15.5 Å². The molecule has 0 aliphatic carbocycles. The van der Waals surface area contributed by atoms with Gasteiger partial charge in [-0.25, -0.2) is 0 Å². The predicted molar refractivity (Wildman–Crippen MR) is 105 cm³/mol.